The Bertz CT molecular complexity index is 301. The molecule has 2 N–H and O–H groups in total. The fourth-order valence-electron chi connectivity index (χ4n) is 0.972. The summed E-state index contributed by atoms with van der Waals surface area (Å²) in [6.45, 7) is 4.45. The first-order valence-corrected chi connectivity index (χ1v) is 6.14. The lowest BCUT2D eigenvalue weighted by Crippen LogP contribution is -2.31. The highest BCUT2D eigenvalue weighted by molar-refractivity contribution is 9.11. The van der Waals surface area contributed by atoms with Gasteiger partial charge in [0.15, 0.2) is 0 Å². The second-order valence-corrected chi connectivity index (χ2v) is 5.04. The fourth-order valence-corrected chi connectivity index (χ4v) is 2.11. The summed E-state index contributed by atoms with van der Waals surface area (Å²) in [6, 6.07) is 1.83. The average molecular weight is 277 g/mol. The number of halogens is 1. The summed E-state index contributed by atoms with van der Waals surface area (Å²) in [5, 5.41) is 7.81. The molecule has 0 atom stereocenters. The molecule has 0 aliphatic rings. The van der Waals surface area contributed by atoms with Gasteiger partial charge in [0.05, 0.1) is 9.35 Å². The van der Waals surface area contributed by atoms with Crippen molar-refractivity contribution in [2.45, 2.75) is 6.92 Å². The molecule has 78 valence electrons. The summed E-state index contributed by atoms with van der Waals surface area (Å²) in [4.78, 5) is 11.5. The predicted molar refractivity (Wildman–Crippen MR) is 62.9 cm³/mol. The van der Waals surface area contributed by atoms with Crippen LogP contribution in [0.15, 0.2) is 15.2 Å². The summed E-state index contributed by atoms with van der Waals surface area (Å²) in [7, 11) is 0. The lowest BCUT2D eigenvalue weighted by molar-refractivity contribution is 0.0954. The van der Waals surface area contributed by atoms with Gasteiger partial charge in [0.25, 0.3) is 5.91 Å². The second-order valence-electron chi connectivity index (χ2n) is 2.75. The van der Waals surface area contributed by atoms with Gasteiger partial charge in [-0.05, 0) is 28.5 Å². The quantitative estimate of drug-likeness (QED) is 0.806. The van der Waals surface area contributed by atoms with E-state index in [1.54, 1.807) is 0 Å². The van der Waals surface area contributed by atoms with Gasteiger partial charge < -0.3 is 10.6 Å². The van der Waals surface area contributed by atoms with Crippen LogP contribution in [0.5, 0.6) is 0 Å². The van der Waals surface area contributed by atoms with Gasteiger partial charge in [-0.25, -0.2) is 0 Å². The molecule has 1 aromatic heterocycles. The highest BCUT2D eigenvalue weighted by atomic mass is 79.9. The molecular formula is C9H13BrN2OS. The summed E-state index contributed by atoms with van der Waals surface area (Å²) in [6.07, 6.45) is 0. The Hall–Kier alpha value is -0.390. The zero-order valence-electron chi connectivity index (χ0n) is 7.97. The van der Waals surface area contributed by atoms with E-state index in [0.717, 1.165) is 22.4 Å². The van der Waals surface area contributed by atoms with Crippen LogP contribution < -0.4 is 10.6 Å². The third-order valence-corrected chi connectivity index (χ3v) is 3.17. The van der Waals surface area contributed by atoms with Crippen LogP contribution in [0.4, 0.5) is 0 Å². The Morgan fingerprint density at radius 1 is 1.57 bits per heavy atom. The molecule has 0 bridgehead atoms. The first-order valence-electron chi connectivity index (χ1n) is 4.47. The van der Waals surface area contributed by atoms with Crippen molar-refractivity contribution in [3.05, 3.63) is 20.8 Å². The molecule has 0 radical (unpaired) electrons. The minimum atomic E-state index is -0.00940. The molecule has 0 saturated carbocycles. The van der Waals surface area contributed by atoms with Crippen LogP contribution in [0.25, 0.3) is 0 Å². The molecule has 3 nitrogen and oxygen atoms in total. The molecule has 0 aliphatic carbocycles. The molecule has 1 heterocycles. The number of rotatable bonds is 5. The Balaban J connectivity index is 2.29. The van der Waals surface area contributed by atoms with Crippen molar-refractivity contribution in [1.29, 1.82) is 0 Å². The van der Waals surface area contributed by atoms with Gasteiger partial charge in [-0.1, -0.05) is 6.92 Å². The molecule has 0 aromatic carbocycles. The van der Waals surface area contributed by atoms with E-state index in [9.17, 15) is 4.79 Å². The monoisotopic (exact) mass is 276 g/mol. The molecule has 0 spiro atoms. The number of amides is 1. The van der Waals surface area contributed by atoms with Crippen LogP contribution in [0.3, 0.4) is 0 Å². The van der Waals surface area contributed by atoms with Crippen LogP contribution in [0.2, 0.25) is 0 Å². The molecule has 0 unspecified atom stereocenters. The zero-order valence-corrected chi connectivity index (χ0v) is 10.4. The highest BCUT2D eigenvalue weighted by Gasteiger charge is 2.06. The van der Waals surface area contributed by atoms with E-state index in [2.05, 4.69) is 26.6 Å². The van der Waals surface area contributed by atoms with E-state index in [-0.39, 0.29) is 5.91 Å². The maximum Gasteiger partial charge on any atom is 0.252 e. The van der Waals surface area contributed by atoms with Crippen molar-refractivity contribution in [2.24, 2.45) is 0 Å². The van der Waals surface area contributed by atoms with Crippen molar-refractivity contribution in [2.75, 3.05) is 19.6 Å². The van der Waals surface area contributed by atoms with Crippen molar-refractivity contribution in [3.8, 4) is 0 Å². The van der Waals surface area contributed by atoms with E-state index in [1.165, 1.54) is 11.3 Å². The Labute approximate surface area is 96.0 Å². The predicted octanol–water partition coefficient (Wildman–Crippen LogP) is 1.85. The molecular weight excluding hydrogens is 264 g/mol. The number of carbonyl (C=O) groups excluding carboxylic acids is 1. The molecule has 1 aromatic rings. The van der Waals surface area contributed by atoms with E-state index in [0.29, 0.717) is 6.54 Å². The van der Waals surface area contributed by atoms with E-state index in [1.807, 2.05) is 18.4 Å². The number of nitrogens with one attached hydrogen (secondary N) is 2. The summed E-state index contributed by atoms with van der Waals surface area (Å²) < 4.78 is 0.981. The molecule has 0 saturated heterocycles. The molecule has 1 rings (SSSR count). The Morgan fingerprint density at radius 2 is 2.36 bits per heavy atom. The Morgan fingerprint density at radius 3 is 2.93 bits per heavy atom. The minimum absolute atomic E-state index is 0.00940. The van der Waals surface area contributed by atoms with Crippen molar-refractivity contribution in [3.63, 3.8) is 0 Å². The highest BCUT2D eigenvalue weighted by Crippen LogP contribution is 2.20. The molecule has 0 aliphatic heterocycles. The number of likely N-dealkylation sites (N-methyl/N-ethyl adjacent to an activating group) is 1. The maximum absolute atomic E-state index is 11.5. The third-order valence-electron chi connectivity index (χ3n) is 1.67. The van der Waals surface area contributed by atoms with E-state index < -0.39 is 0 Å². The lowest BCUT2D eigenvalue weighted by Gasteiger charge is -2.03. The Kier molecular flexibility index (Phi) is 5.14. The smallest absolute Gasteiger partial charge is 0.252 e. The lowest BCUT2D eigenvalue weighted by atomic mass is 10.3. The standard InChI is InChI=1S/C9H13BrN2OS/c1-2-11-3-4-12-9(13)7-5-8(10)14-6-7/h5-6,11H,2-4H2,1H3,(H,12,13). The molecule has 1 amide bonds. The van der Waals surface area contributed by atoms with Crippen LogP contribution >= 0.6 is 27.3 Å². The van der Waals surface area contributed by atoms with Crippen LogP contribution in [-0.2, 0) is 0 Å². The number of hydrogen-bond donors (Lipinski definition) is 2. The van der Waals surface area contributed by atoms with Crippen LogP contribution in [-0.4, -0.2) is 25.5 Å². The van der Waals surface area contributed by atoms with Gasteiger partial charge in [0.1, 0.15) is 0 Å². The van der Waals surface area contributed by atoms with Gasteiger partial charge >= 0.3 is 0 Å². The first-order chi connectivity index (χ1) is 6.74. The minimum Gasteiger partial charge on any atom is -0.351 e. The first kappa shape index (κ1) is 11.7. The van der Waals surface area contributed by atoms with Crippen molar-refractivity contribution >= 4 is 33.2 Å². The third kappa shape index (κ3) is 3.77. The summed E-state index contributed by atoms with van der Waals surface area (Å²) >= 11 is 4.84. The number of carbonyl (C=O) groups is 1. The summed E-state index contributed by atoms with van der Waals surface area (Å²) in [5.74, 6) is -0.00940. The average Bonchev–Trinajstić information content (AvgIpc) is 2.59. The summed E-state index contributed by atoms with van der Waals surface area (Å²) in [5.41, 5.74) is 0.721. The number of hydrogen-bond acceptors (Lipinski definition) is 3. The van der Waals surface area contributed by atoms with Gasteiger partial charge in [-0.2, -0.15) is 0 Å². The SMILES string of the molecule is CCNCCNC(=O)c1csc(Br)c1. The van der Waals surface area contributed by atoms with Gasteiger partial charge in [-0.3, -0.25) is 4.79 Å². The molecule has 5 heteroatoms. The van der Waals surface area contributed by atoms with E-state index >= 15 is 0 Å². The fraction of sp³-hybridized carbons (Fsp3) is 0.444. The van der Waals surface area contributed by atoms with Gasteiger partial charge in [0, 0.05) is 18.5 Å². The van der Waals surface area contributed by atoms with Crippen LogP contribution in [0, 0.1) is 0 Å². The van der Waals surface area contributed by atoms with E-state index in [4.69, 9.17) is 0 Å². The van der Waals surface area contributed by atoms with Crippen molar-refractivity contribution in [1.82, 2.24) is 10.6 Å². The molecule has 0 fully saturated rings. The largest absolute Gasteiger partial charge is 0.351 e. The number of thiophene rings is 1. The molecule has 14 heavy (non-hydrogen) atoms. The zero-order chi connectivity index (χ0) is 10.4. The van der Waals surface area contributed by atoms with Crippen LogP contribution in [0.1, 0.15) is 17.3 Å². The normalized spacial score (nSPS) is 10.1. The van der Waals surface area contributed by atoms with Gasteiger partial charge in [-0.15, -0.1) is 11.3 Å². The topological polar surface area (TPSA) is 41.1 Å². The van der Waals surface area contributed by atoms with Crippen molar-refractivity contribution < 1.29 is 4.79 Å². The van der Waals surface area contributed by atoms with Gasteiger partial charge in [0.2, 0.25) is 0 Å². The second kappa shape index (κ2) is 6.16. The maximum atomic E-state index is 11.5.